The molecule has 0 aliphatic carbocycles. The summed E-state index contributed by atoms with van der Waals surface area (Å²) in [7, 11) is 0. The zero-order valence-corrected chi connectivity index (χ0v) is 13.6. The summed E-state index contributed by atoms with van der Waals surface area (Å²) >= 11 is 3.56. The first kappa shape index (κ1) is 15.9. The molecule has 0 fully saturated rings. The lowest BCUT2D eigenvalue weighted by Gasteiger charge is -2.05. The predicted molar refractivity (Wildman–Crippen MR) is 76.6 cm³/mol. The fourth-order valence-electron chi connectivity index (χ4n) is 0.663. The first-order valence-electron chi connectivity index (χ1n) is 4.29. The van der Waals surface area contributed by atoms with Crippen molar-refractivity contribution in [2.45, 2.75) is 19.8 Å². The number of hydrogen-bond donors (Lipinski definition) is 0. The molecule has 7 heteroatoms. The van der Waals surface area contributed by atoms with Crippen LogP contribution in [0.1, 0.15) is 19.8 Å². The standard InChI is InChI=1S/C8H13I2O4P/c1-7(2)8(11)13-5-3-4-6-14-15(9,10)12/h1,3-6H2,2H3. The summed E-state index contributed by atoms with van der Waals surface area (Å²) in [6, 6.07) is 0. The van der Waals surface area contributed by atoms with Crippen molar-refractivity contribution in [3.63, 3.8) is 0 Å². The molecule has 0 N–H and O–H groups in total. The molecular formula is C8H13I2O4P. The second-order valence-corrected chi connectivity index (χ2v) is 17.1. The maximum absolute atomic E-state index is 11.1. The molecule has 0 heterocycles. The van der Waals surface area contributed by atoms with Crippen LogP contribution in [-0.4, -0.2) is 19.2 Å². The number of ether oxygens (including phenoxy) is 1. The smallest absolute Gasteiger partial charge is 0.333 e. The molecule has 0 rings (SSSR count). The maximum atomic E-state index is 11.1. The topological polar surface area (TPSA) is 52.6 Å². The van der Waals surface area contributed by atoms with Crippen molar-refractivity contribution in [3.05, 3.63) is 12.2 Å². The number of hydrogen-bond acceptors (Lipinski definition) is 4. The number of halogens is 2. The van der Waals surface area contributed by atoms with Crippen molar-refractivity contribution in [2.24, 2.45) is 0 Å². The Morgan fingerprint density at radius 2 is 1.87 bits per heavy atom. The third-order valence-corrected chi connectivity index (χ3v) is 3.52. The highest BCUT2D eigenvalue weighted by atomic mass is 127. The predicted octanol–water partition coefficient (Wildman–Crippen LogP) is 3.88. The van der Waals surface area contributed by atoms with Gasteiger partial charge in [0.05, 0.1) is 13.2 Å². The first-order valence-corrected chi connectivity index (χ1v) is 11.5. The Kier molecular flexibility index (Phi) is 8.49. The molecule has 0 aromatic rings. The van der Waals surface area contributed by atoms with Gasteiger partial charge in [-0.2, -0.15) is 0 Å². The molecule has 0 saturated carbocycles. The third kappa shape index (κ3) is 11.1. The molecule has 0 aromatic carbocycles. The Morgan fingerprint density at radius 1 is 1.33 bits per heavy atom. The third-order valence-electron chi connectivity index (χ3n) is 1.36. The molecule has 0 radical (unpaired) electrons. The van der Waals surface area contributed by atoms with Gasteiger partial charge in [-0.25, -0.2) is 4.79 Å². The molecule has 4 nitrogen and oxygen atoms in total. The average Bonchev–Trinajstić information content (AvgIpc) is 2.08. The summed E-state index contributed by atoms with van der Waals surface area (Å²) in [4.78, 5) is 10.9. The highest BCUT2D eigenvalue weighted by Gasteiger charge is 2.11. The molecular weight excluding hydrogens is 445 g/mol. The molecule has 0 amide bonds. The lowest BCUT2D eigenvalue weighted by Crippen LogP contribution is -2.06. The van der Waals surface area contributed by atoms with Crippen molar-refractivity contribution in [1.82, 2.24) is 0 Å². The zero-order valence-electron chi connectivity index (χ0n) is 8.37. The van der Waals surface area contributed by atoms with Gasteiger partial charge in [-0.15, -0.1) is 0 Å². The largest absolute Gasteiger partial charge is 0.462 e. The van der Waals surface area contributed by atoms with Crippen LogP contribution in [0.5, 0.6) is 0 Å². The lowest BCUT2D eigenvalue weighted by molar-refractivity contribution is -0.139. The Bertz CT molecular complexity index is 274. The van der Waals surface area contributed by atoms with Crippen LogP contribution in [0, 0.1) is 0 Å². The summed E-state index contributed by atoms with van der Waals surface area (Å²) in [5, 5.41) is 0. The molecule has 0 atom stereocenters. The highest BCUT2D eigenvalue weighted by Crippen LogP contribution is 2.63. The minimum atomic E-state index is -2.43. The van der Waals surface area contributed by atoms with Crippen LogP contribution in [0.15, 0.2) is 12.2 Å². The van der Waals surface area contributed by atoms with Crippen LogP contribution in [0.4, 0.5) is 0 Å². The van der Waals surface area contributed by atoms with Crippen LogP contribution in [0.25, 0.3) is 0 Å². The van der Waals surface area contributed by atoms with E-state index in [2.05, 4.69) is 6.58 Å². The fraction of sp³-hybridized carbons (Fsp3) is 0.625. The van der Waals surface area contributed by atoms with E-state index in [4.69, 9.17) is 9.26 Å². The van der Waals surface area contributed by atoms with Crippen LogP contribution in [-0.2, 0) is 18.6 Å². The number of esters is 1. The number of unbranched alkanes of at least 4 members (excludes halogenated alkanes) is 1. The van der Waals surface area contributed by atoms with E-state index in [0.29, 0.717) is 25.2 Å². The minimum Gasteiger partial charge on any atom is -0.462 e. The van der Waals surface area contributed by atoms with Crippen LogP contribution in [0.2, 0.25) is 0 Å². The Hall–Kier alpha value is 0.860. The molecule has 0 saturated heterocycles. The Labute approximate surface area is 116 Å². The van der Waals surface area contributed by atoms with E-state index in [1.165, 1.54) is 0 Å². The molecule has 0 bridgehead atoms. The number of carbonyl (C=O) groups is 1. The average molecular weight is 458 g/mol. The van der Waals surface area contributed by atoms with E-state index in [1.54, 1.807) is 51.0 Å². The van der Waals surface area contributed by atoms with E-state index in [1.807, 2.05) is 0 Å². The minimum absolute atomic E-state index is 0.349. The van der Waals surface area contributed by atoms with E-state index in [-0.39, 0.29) is 5.97 Å². The maximum Gasteiger partial charge on any atom is 0.333 e. The Morgan fingerprint density at radius 3 is 2.33 bits per heavy atom. The van der Waals surface area contributed by atoms with Gasteiger partial charge in [0, 0.05) is 49.7 Å². The van der Waals surface area contributed by atoms with Gasteiger partial charge in [-0.05, 0) is 19.8 Å². The summed E-state index contributed by atoms with van der Waals surface area (Å²) in [6.07, 6.45) is 1.42. The molecule has 0 spiro atoms. The van der Waals surface area contributed by atoms with Crippen molar-refractivity contribution < 1.29 is 18.6 Å². The monoisotopic (exact) mass is 458 g/mol. The Balaban J connectivity index is 3.37. The second-order valence-electron chi connectivity index (χ2n) is 2.87. The van der Waals surface area contributed by atoms with E-state index in [9.17, 15) is 9.36 Å². The second kappa shape index (κ2) is 8.03. The lowest BCUT2D eigenvalue weighted by atomic mass is 10.3. The summed E-state index contributed by atoms with van der Waals surface area (Å²) in [5.74, 6) is -0.371. The van der Waals surface area contributed by atoms with Crippen LogP contribution < -0.4 is 0 Å². The van der Waals surface area contributed by atoms with Gasteiger partial charge in [0.2, 0.25) is 0 Å². The quantitative estimate of drug-likeness (QED) is 0.191. The fourth-order valence-corrected chi connectivity index (χ4v) is 2.19. The van der Waals surface area contributed by atoms with Gasteiger partial charge in [-0.3, -0.25) is 4.57 Å². The molecule has 0 aliphatic rings. The molecule has 0 aromatic heterocycles. The van der Waals surface area contributed by atoms with Gasteiger partial charge in [0.25, 0.3) is 0 Å². The molecule has 15 heavy (non-hydrogen) atoms. The van der Waals surface area contributed by atoms with Crippen molar-refractivity contribution in [2.75, 3.05) is 13.2 Å². The van der Waals surface area contributed by atoms with Gasteiger partial charge >= 0.3 is 8.62 Å². The molecule has 0 aliphatic heterocycles. The van der Waals surface area contributed by atoms with Crippen LogP contribution >= 0.6 is 46.7 Å². The van der Waals surface area contributed by atoms with Crippen LogP contribution in [0.3, 0.4) is 0 Å². The van der Waals surface area contributed by atoms with Crippen molar-refractivity contribution in [1.29, 1.82) is 0 Å². The highest BCUT2D eigenvalue weighted by molar-refractivity contribution is 14.3. The SMILES string of the molecule is C=C(C)C(=O)OCCCCOP(=O)(I)I. The van der Waals surface area contributed by atoms with Crippen molar-refractivity contribution >= 4 is 52.7 Å². The van der Waals surface area contributed by atoms with Gasteiger partial charge < -0.3 is 9.26 Å². The molecule has 88 valence electrons. The first-order chi connectivity index (χ1) is 6.83. The normalized spacial score (nSPS) is 11.1. The number of carbonyl (C=O) groups excluding carboxylic acids is 1. The molecule has 0 unspecified atom stereocenters. The summed E-state index contributed by atoms with van der Waals surface area (Å²) in [6.45, 7) is 5.84. The summed E-state index contributed by atoms with van der Waals surface area (Å²) < 4.78 is 18.6. The number of rotatable bonds is 7. The van der Waals surface area contributed by atoms with E-state index >= 15 is 0 Å². The van der Waals surface area contributed by atoms with E-state index < -0.39 is 2.65 Å². The van der Waals surface area contributed by atoms with Gasteiger partial charge in [0.1, 0.15) is 0 Å². The van der Waals surface area contributed by atoms with E-state index in [0.717, 1.165) is 6.42 Å². The van der Waals surface area contributed by atoms with Gasteiger partial charge in [0.15, 0.2) is 0 Å². The van der Waals surface area contributed by atoms with Crippen molar-refractivity contribution in [3.8, 4) is 0 Å². The zero-order chi connectivity index (χ0) is 11.9. The van der Waals surface area contributed by atoms with Gasteiger partial charge in [-0.1, -0.05) is 6.58 Å². The summed E-state index contributed by atoms with van der Waals surface area (Å²) in [5.41, 5.74) is 0.398.